The number of halogens is 1. The lowest BCUT2D eigenvalue weighted by molar-refractivity contribution is 0.549. The van der Waals surface area contributed by atoms with E-state index in [9.17, 15) is 12.8 Å². The van der Waals surface area contributed by atoms with Crippen LogP contribution in [0.3, 0.4) is 0 Å². The van der Waals surface area contributed by atoms with E-state index in [1.54, 1.807) is 32.0 Å². The lowest BCUT2D eigenvalue weighted by Gasteiger charge is -2.14. The first-order chi connectivity index (χ1) is 7.46. The molecule has 0 aliphatic rings. The van der Waals surface area contributed by atoms with E-state index in [1.807, 2.05) is 0 Å². The fraction of sp³-hybridized carbons (Fsp3) is 0.455. The molecule has 0 spiro atoms. The molecule has 3 nitrogen and oxygen atoms in total. The smallest absolute Gasteiger partial charge is 0.212 e. The van der Waals surface area contributed by atoms with Gasteiger partial charge in [-0.05, 0) is 19.4 Å². The van der Waals surface area contributed by atoms with Crippen LogP contribution in [-0.4, -0.2) is 14.2 Å². The van der Waals surface area contributed by atoms with Crippen LogP contribution >= 0.6 is 0 Å². The summed E-state index contributed by atoms with van der Waals surface area (Å²) in [5.41, 5.74) is 0.363. The maximum absolute atomic E-state index is 13.4. The minimum atomic E-state index is -3.31. The van der Waals surface area contributed by atoms with Gasteiger partial charge in [-0.3, -0.25) is 0 Å². The average Bonchev–Trinajstić information content (AvgIpc) is 2.17. The minimum Gasteiger partial charge on any atom is -0.212 e. The molecule has 0 amide bonds. The zero-order valence-corrected chi connectivity index (χ0v) is 10.2. The van der Waals surface area contributed by atoms with Crippen molar-refractivity contribution < 1.29 is 12.8 Å². The topological polar surface area (TPSA) is 46.2 Å². The number of rotatable bonds is 5. The summed E-state index contributed by atoms with van der Waals surface area (Å²) in [6.07, 6.45) is 0.541. The second kappa shape index (κ2) is 5.41. The van der Waals surface area contributed by atoms with E-state index in [1.165, 1.54) is 6.07 Å². The molecule has 0 bridgehead atoms. The van der Waals surface area contributed by atoms with Crippen molar-refractivity contribution in [3.8, 4) is 0 Å². The van der Waals surface area contributed by atoms with Crippen LogP contribution in [-0.2, 0) is 10.0 Å². The number of hydrogen-bond acceptors (Lipinski definition) is 2. The third-order valence-corrected chi connectivity index (χ3v) is 3.86. The van der Waals surface area contributed by atoms with E-state index in [4.69, 9.17) is 0 Å². The first-order valence-electron chi connectivity index (χ1n) is 5.20. The largest absolute Gasteiger partial charge is 0.212 e. The lowest BCUT2D eigenvalue weighted by Crippen LogP contribution is -2.29. The van der Waals surface area contributed by atoms with Crippen LogP contribution < -0.4 is 4.72 Å². The zero-order chi connectivity index (χ0) is 12.2. The van der Waals surface area contributed by atoms with Gasteiger partial charge < -0.3 is 0 Å². The Labute approximate surface area is 95.7 Å². The van der Waals surface area contributed by atoms with Gasteiger partial charge in [0.2, 0.25) is 10.0 Å². The molecule has 0 saturated carbocycles. The second-order valence-corrected chi connectivity index (χ2v) is 5.55. The van der Waals surface area contributed by atoms with E-state index in [2.05, 4.69) is 4.72 Å². The quantitative estimate of drug-likeness (QED) is 0.864. The molecular formula is C11H16FNO2S. The van der Waals surface area contributed by atoms with Gasteiger partial charge in [0.15, 0.2) is 0 Å². The number of benzene rings is 1. The van der Waals surface area contributed by atoms with Gasteiger partial charge in [-0.1, -0.05) is 25.1 Å². The van der Waals surface area contributed by atoms with Crippen molar-refractivity contribution in [1.82, 2.24) is 4.72 Å². The van der Waals surface area contributed by atoms with Crippen molar-refractivity contribution in [3.05, 3.63) is 35.6 Å². The van der Waals surface area contributed by atoms with Gasteiger partial charge in [0.1, 0.15) is 5.82 Å². The Balaban J connectivity index is 2.81. The SMILES string of the molecule is CCCS(=O)(=O)N[C@H](C)c1ccccc1F. The van der Waals surface area contributed by atoms with Gasteiger partial charge in [-0.15, -0.1) is 0 Å². The Morgan fingerprint density at radius 3 is 2.56 bits per heavy atom. The maximum atomic E-state index is 13.4. The highest BCUT2D eigenvalue weighted by molar-refractivity contribution is 7.89. The predicted molar refractivity (Wildman–Crippen MR) is 62.0 cm³/mol. The molecule has 16 heavy (non-hydrogen) atoms. The van der Waals surface area contributed by atoms with Gasteiger partial charge >= 0.3 is 0 Å². The fourth-order valence-corrected chi connectivity index (χ4v) is 2.81. The first kappa shape index (κ1) is 13.1. The minimum absolute atomic E-state index is 0.0613. The van der Waals surface area contributed by atoms with Crippen LogP contribution in [0, 0.1) is 5.82 Å². The van der Waals surface area contributed by atoms with Gasteiger partial charge in [-0.2, -0.15) is 0 Å². The van der Waals surface area contributed by atoms with Crippen LogP contribution in [0.2, 0.25) is 0 Å². The first-order valence-corrected chi connectivity index (χ1v) is 6.86. The Hall–Kier alpha value is -0.940. The van der Waals surface area contributed by atoms with Crippen LogP contribution in [0.5, 0.6) is 0 Å². The van der Waals surface area contributed by atoms with Crippen molar-refractivity contribution in [1.29, 1.82) is 0 Å². The van der Waals surface area contributed by atoms with Gasteiger partial charge in [0, 0.05) is 11.6 Å². The Morgan fingerprint density at radius 2 is 2.00 bits per heavy atom. The maximum Gasteiger partial charge on any atom is 0.212 e. The fourth-order valence-electron chi connectivity index (χ4n) is 1.49. The van der Waals surface area contributed by atoms with Crippen LogP contribution in [0.15, 0.2) is 24.3 Å². The number of hydrogen-bond donors (Lipinski definition) is 1. The summed E-state index contributed by atoms with van der Waals surface area (Å²) in [5.74, 6) is -0.333. The van der Waals surface area contributed by atoms with Crippen molar-refractivity contribution in [3.63, 3.8) is 0 Å². The monoisotopic (exact) mass is 245 g/mol. The molecule has 1 aromatic rings. The molecule has 0 heterocycles. The lowest BCUT2D eigenvalue weighted by atomic mass is 10.1. The number of nitrogens with one attached hydrogen (secondary N) is 1. The molecule has 0 aromatic heterocycles. The summed E-state index contributed by atoms with van der Waals surface area (Å²) < 4.78 is 38.8. The predicted octanol–water partition coefficient (Wildman–Crippen LogP) is 2.22. The molecule has 5 heteroatoms. The highest BCUT2D eigenvalue weighted by Gasteiger charge is 2.16. The Kier molecular flexibility index (Phi) is 4.44. The molecule has 1 atom stereocenters. The normalized spacial score (nSPS) is 13.7. The van der Waals surface area contributed by atoms with Crippen molar-refractivity contribution in [2.75, 3.05) is 5.75 Å². The van der Waals surface area contributed by atoms with E-state index in [0.717, 1.165) is 0 Å². The second-order valence-electron chi connectivity index (χ2n) is 3.68. The highest BCUT2D eigenvalue weighted by Crippen LogP contribution is 2.16. The van der Waals surface area contributed by atoms with Crippen LogP contribution in [0.1, 0.15) is 31.9 Å². The molecule has 0 fully saturated rings. The summed E-state index contributed by atoms with van der Waals surface area (Å²) in [6.45, 7) is 3.42. The summed E-state index contributed by atoms with van der Waals surface area (Å²) in [5, 5.41) is 0. The molecule has 90 valence electrons. The standard InChI is InChI=1S/C11H16FNO2S/c1-3-8-16(14,15)13-9(2)10-6-4-5-7-11(10)12/h4-7,9,13H,3,8H2,1-2H3/t9-/m1/s1. The van der Waals surface area contributed by atoms with Gasteiger partial charge in [0.05, 0.1) is 5.75 Å². The molecule has 1 N–H and O–H groups in total. The van der Waals surface area contributed by atoms with E-state index >= 15 is 0 Å². The highest BCUT2D eigenvalue weighted by atomic mass is 32.2. The third kappa shape index (κ3) is 3.57. The van der Waals surface area contributed by atoms with Gasteiger partial charge in [0.25, 0.3) is 0 Å². The Morgan fingerprint density at radius 1 is 1.38 bits per heavy atom. The van der Waals surface area contributed by atoms with Crippen molar-refractivity contribution >= 4 is 10.0 Å². The molecule has 0 radical (unpaired) electrons. The summed E-state index contributed by atoms with van der Waals surface area (Å²) >= 11 is 0. The summed E-state index contributed by atoms with van der Waals surface area (Å²) in [6, 6.07) is 5.61. The van der Waals surface area contributed by atoms with Crippen LogP contribution in [0.4, 0.5) is 4.39 Å². The molecule has 1 aromatic carbocycles. The van der Waals surface area contributed by atoms with Gasteiger partial charge in [-0.25, -0.2) is 17.5 Å². The molecule has 0 aliphatic carbocycles. The molecular weight excluding hydrogens is 229 g/mol. The van der Waals surface area contributed by atoms with E-state index in [-0.39, 0.29) is 5.75 Å². The number of sulfonamides is 1. The van der Waals surface area contributed by atoms with Crippen molar-refractivity contribution in [2.45, 2.75) is 26.3 Å². The molecule has 0 aliphatic heterocycles. The summed E-state index contributed by atoms with van der Waals surface area (Å²) in [4.78, 5) is 0. The Bertz CT molecular complexity index is 445. The molecule has 0 saturated heterocycles. The third-order valence-electron chi connectivity index (χ3n) is 2.20. The van der Waals surface area contributed by atoms with Crippen LogP contribution in [0.25, 0.3) is 0 Å². The summed E-state index contributed by atoms with van der Waals surface area (Å²) in [7, 11) is -3.31. The molecule has 1 rings (SSSR count). The van der Waals surface area contributed by atoms with Crippen molar-refractivity contribution in [2.24, 2.45) is 0 Å². The van der Waals surface area contributed by atoms with E-state index < -0.39 is 21.9 Å². The molecule has 0 unspecified atom stereocenters. The van der Waals surface area contributed by atoms with E-state index in [0.29, 0.717) is 12.0 Å². The average molecular weight is 245 g/mol. The zero-order valence-electron chi connectivity index (χ0n) is 9.40.